The van der Waals surface area contributed by atoms with Crippen molar-refractivity contribution in [2.75, 3.05) is 50.8 Å². The topological polar surface area (TPSA) is 88.3 Å². The molecule has 1 fully saturated rings. The van der Waals surface area contributed by atoms with Gasteiger partial charge in [-0.15, -0.1) is 0 Å². The summed E-state index contributed by atoms with van der Waals surface area (Å²) in [4.78, 5) is 15.8. The molecule has 0 spiro atoms. The molecule has 1 amide bonds. The molecule has 7 heteroatoms. The average molecular weight is 414 g/mol. The van der Waals surface area contributed by atoms with Gasteiger partial charge in [0.2, 0.25) is 5.91 Å². The molecule has 1 saturated heterocycles. The van der Waals surface area contributed by atoms with Crippen LogP contribution in [0.15, 0.2) is 48.5 Å². The molecule has 0 radical (unpaired) electrons. The fourth-order valence-corrected chi connectivity index (χ4v) is 3.68. The van der Waals surface area contributed by atoms with E-state index in [1.807, 2.05) is 43.3 Å². The maximum atomic E-state index is 11.2. The second kappa shape index (κ2) is 10.8. The second-order valence-corrected chi connectivity index (χ2v) is 7.40. The van der Waals surface area contributed by atoms with Gasteiger partial charge in [-0.25, -0.2) is 0 Å². The fraction of sp³-hybridized carbons (Fsp3) is 0.435. The van der Waals surface area contributed by atoms with Crippen LogP contribution in [0.25, 0.3) is 0 Å². The number of carbonyl (C=O) groups excluding carboxylic acids is 1. The lowest BCUT2D eigenvalue weighted by Gasteiger charge is -2.37. The van der Waals surface area contributed by atoms with E-state index >= 15 is 0 Å². The van der Waals surface area contributed by atoms with Crippen molar-refractivity contribution < 1.29 is 19.4 Å². The molecule has 3 rings (SSSR count). The first kappa shape index (κ1) is 21.9. The molecule has 1 atom stereocenters. The third-order valence-corrected chi connectivity index (χ3v) is 5.12. The summed E-state index contributed by atoms with van der Waals surface area (Å²) in [5, 5.41) is 10.4. The highest BCUT2D eigenvalue weighted by molar-refractivity contribution is 5.77. The van der Waals surface area contributed by atoms with Crippen LogP contribution in [0.5, 0.6) is 11.5 Å². The number of piperazine rings is 1. The predicted octanol–water partition coefficient (Wildman–Crippen LogP) is 1.67. The summed E-state index contributed by atoms with van der Waals surface area (Å²) in [6, 6.07) is 15.4. The standard InChI is InChI=1S/C23H31N3O4/c1-2-29-22-10-6-4-8-20(22)26-13-11-25(12-14-26)16-19(27)17-30-21-9-5-3-7-18(21)15-23(24)28/h3-10,19,27H,2,11-17H2,1H3,(H2,24,28). The van der Waals surface area contributed by atoms with Gasteiger partial charge in [0.05, 0.1) is 18.7 Å². The van der Waals surface area contributed by atoms with Gasteiger partial charge in [-0.1, -0.05) is 30.3 Å². The molecule has 30 heavy (non-hydrogen) atoms. The maximum absolute atomic E-state index is 11.2. The van der Waals surface area contributed by atoms with E-state index in [0.29, 0.717) is 18.9 Å². The number of primary amides is 1. The van der Waals surface area contributed by atoms with Gasteiger partial charge in [0.15, 0.2) is 0 Å². The molecule has 0 saturated carbocycles. The third kappa shape index (κ3) is 6.11. The van der Waals surface area contributed by atoms with E-state index in [0.717, 1.165) is 43.2 Å². The first-order valence-corrected chi connectivity index (χ1v) is 10.4. The quantitative estimate of drug-likeness (QED) is 0.616. The van der Waals surface area contributed by atoms with Crippen LogP contribution in [-0.2, 0) is 11.2 Å². The lowest BCUT2D eigenvalue weighted by atomic mass is 10.1. The number of benzene rings is 2. The Bertz CT molecular complexity index is 822. The zero-order valence-corrected chi connectivity index (χ0v) is 17.5. The van der Waals surface area contributed by atoms with Crippen molar-refractivity contribution in [3.63, 3.8) is 0 Å². The summed E-state index contributed by atoms with van der Waals surface area (Å²) in [6.45, 7) is 6.81. The Labute approximate surface area is 178 Å². The molecule has 2 aromatic carbocycles. The van der Waals surface area contributed by atoms with E-state index < -0.39 is 12.0 Å². The van der Waals surface area contributed by atoms with Crippen LogP contribution >= 0.6 is 0 Å². The highest BCUT2D eigenvalue weighted by atomic mass is 16.5. The third-order valence-electron chi connectivity index (χ3n) is 5.12. The lowest BCUT2D eigenvalue weighted by molar-refractivity contribution is -0.117. The number of nitrogens with two attached hydrogens (primary N) is 1. The van der Waals surface area contributed by atoms with Crippen LogP contribution in [0, 0.1) is 0 Å². The SMILES string of the molecule is CCOc1ccccc1N1CCN(CC(O)COc2ccccc2CC(N)=O)CC1. The van der Waals surface area contributed by atoms with Crippen molar-refractivity contribution in [2.24, 2.45) is 5.73 Å². The maximum Gasteiger partial charge on any atom is 0.221 e. The number of ether oxygens (including phenoxy) is 2. The van der Waals surface area contributed by atoms with Crippen molar-refractivity contribution >= 4 is 11.6 Å². The molecule has 0 bridgehead atoms. The number of aliphatic hydroxyl groups is 1. The molecular weight excluding hydrogens is 382 g/mol. The molecule has 7 nitrogen and oxygen atoms in total. The Morgan fingerprint density at radius 2 is 1.70 bits per heavy atom. The smallest absolute Gasteiger partial charge is 0.221 e. The van der Waals surface area contributed by atoms with Gasteiger partial charge in [-0.3, -0.25) is 9.69 Å². The largest absolute Gasteiger partial charge is 0.492 e. The van der Waals surface area contributed by atoms with Crippen LogP contribution < -0.4 is 20.1 Å². The summed E-state index contributed by atoms with van der Waals surface area (Å²) in [5.74, 6) is 1.10. The van der Waals surface area contributed by atoms with Crippen LogP contribution in [-0.4, -0.2) is 68.0 Å². The normalized spacial score (nSPS) is 15.6. The van der Waals surface area contributed by atoms with E-state index in [4.69, 9.17) is 15.2 Å². The number of para-hydroxylation sites is 3. The zero-order valence-electron chi connectivity index (χ0n) is 17.5. The molecule has 1 unspecified atom stereocenters. The Balaban J connectivity index is 1.47. The minimum Gasteiger partial charge on any atom is -0.492 e. The Kier molecular flexibility index (Phi) is 7.93. The zero-order chi connectivity index (χ0) is 21.3. The predicted molar refractivity (Wildman–Crippen MR) is 117 cm³/mol. The Morgan fingerprint density at radius 3 is 2.40 bits per heavy atom. The summed E-state index contributed by atoms with van der Waals surface area (Å²) in [6.07, 6.45) is -0.494. The number of aliphatic hydroxyl groups excluding tert-OH is 1. The molecule has 0 aliphatic carbocycles. The first-order valence-electron chi connectivity index (χ1n) is 10.4. The number of amides is 1. The number of rotatable bonds is 10. The van der Waals surface area contributed by atoms with E-state index in [1.165, 1.54) is 0 Å². The van der Waals surface area contributed by atoms with E-state index in [-0.39, 0.29) is 13.0 Å². The van der Waals surface area contributed by atoms with Crippen LogP contribution in [0.4, 0.5) is 5.69 Å². The van der Waals surface area contributed by atoms with Crippen LogP contribution in [0.3, 0.4) is 0 Å². The molecule has 1 heterocycles. The van der Waals surface area contributed by atoms with Gasteiger partial charge < -0.3 is 25.2 Å². The van der Waals surface area contributed by atoms with Crippen molar-refractivity contribution in [3.05, 3.63) is 54.1 Å². The fourth-order valence-electron chi connectivity index (χ4n) is 3.68. The number of anilines is 1. The molecule has 1 aliphatic rings. The van der Waals surface area contributed by atoms with E-state index in [2.05, 4.69) is 15.9 Å². The molecule has 0 aromatic heterocycles. The molecule has 2 aromatic rings. The summed E-state index contributed by atoms with van der Waals surface area (Å²) in [5.41, 5.74) is 7.14. The summed E-state index contributed by atoms with van der Waals surface area (Å²) >= 11 is 0. The average Bonchev–Trinajstić information content (AvgIpc) is 2.74. The van der Waals surface area contributed by atoms with Crippen molar-refractivity contribution in [3.8, 4) is 11.5 Å². The molecular formula is C23H31N3O4. The summed E-state index contributed by atoms with van der Waals surface area (Å²) in [7, 11) is 0. The summed E-state index contributed by atoms with van der Waals surface area (Å²) < 4.78 is 11.5. The van der Waals surface area contributed by atoms with Crippen molar-refractivity contribution in [2.45, 2.75) is 19.4 Å². The number of hydrogen-bond donors (Lipinski definition) is 2. The number of nitrogens with zero attached hydrogens (tertiary/aromatic N) is 2. The number of hydrogen-bond acceptors (Lipinski definition) is 6. The van der Waals surface area contributed by atoms with Gasteiger partial charge in [-0.2, -0.15) is 0 Å². The van der Waals surface area contributed by atoms with E-state index in [1.54, 1.807) is 6.07 Å². The molecule has 162 valence electrons. The minimum absolute atomic E-state index is 0.122. The Morgan fingerprint density at radius 1 is 1.03 bits per heavy atom. The van der Waals surface area contributed by atoms with Crippen molar-refractivity contribution in [1.29, 1.82) is 0 Å². The number of carbonyl (C=O) groups is 1. The van der Waals surface area contributed by atoms with Gasteiger partial charge in [0.25, 0.3) is 0 Å². The van der Waals surface area contributed by atoms with E-state index in [9.17, 15) is 9.90 Å². The minimum atomic E-state index is -0.617. The monoisotopic (exact) mass is 413 g/mol. The van der Waals surface area contributed by atoms with Crippen LogP contribution in [0.2, 0.25) is 0 Å². The van der Waals surface area contributed by atoms with Crippen molar-refractivity contribution in [1.82, 2.24) is 4.90 Å². The number of β-amino-alcohol motifs (C(OH)–C–C–N with tert-alkyl or cyclic N) is 1. The highest BCUT2D eigenvalue weighted by Crippen LogP contribution is 2.28. The van der Waals surface area contributed by atoms with Gasteiger partial charge in [0, 0.05) is 38.3 Å². The molecule has 3 N–H and O–H groups in total. The van der Waals surface area contributed by atoms with Crippen LogP contribution in [0.1, 0.15) is 12.5 Å². The first-order chi connectivity index (χ1) is 14.6. The van der Waals surface area contributed by atoms with Gasteiger partial charge >= 0.3 is 0 Å². The second-order valence-electron chi connectivity index (χ2n) is 7.40. The Hall–Kier alpha value is -2.77. The lowest BCUT2D eigenvalue weighted by Crippen LogP contribution is -2.49. The van der Waals surface area contributed by atoms with Gasteiger partial charge in [0.1, 0.15) is 24.2 Å². The molecule has 1 aliphatic heterocycles. The highest BCUT2D eigenvalue weighted by Gasteiger charge is 2.21. The van der Waals surface area contributed by atoms with Gasteiger partial charge in [-0.05, 0) is 25.1 Å².